The van der Waals surface area contributed by atoms with Crippen molar-refractivity contribution < 1.29 is 14.0 Å². The topological polar surface area (TPSA) is 96.3 Å². The molecule has 152 valence electrons. The maximum absolute atomic E-state index is 12.2. The Morgan fingerprint density at radius 1 is 0.933 bits per heavy atom. The van der Waals surface area contributed by atoms with Crippen molar-refractivity contribution in [1.82, 2.24) is 10.3 Å². The standard InChI is InChI=1S/C22H20N4O3S/c27-20(11-12-21-26-18-5-1-2-6-19(18)30-21)24-15-7-9-16(10-8-15)25-22(28)23-14-17-4-3-13-29-17/h1-10,13H,11-12,14H2,(H,24,27)(H2,23,25,28). The number of benzene rings is 2. The Morgan fingerprint density at radius 3 is 2.43 bits per heavy atom. The van der Waals surface area contributed by atoms with Gasteiger partial charge in [-0.2, -0.15) is 0 Å². The number of fused-ring (bicyclic) bond motifs is 1. The number of nitrogens with one attached hydrogen (secondary N) is 3. The summed E-state index contributed by atoms with van der Waals surface area (Å²) in [6.07, 6.45) is 2.51. The molecule has 0 bridgehead atoms. The van der Waals surface area contributed by atoms with E-state index in [0.717, 1.165) is 15.2 Å². The maximum Gasteiger partial charge on any atom is 0.319 e. The summed E-state index contributed by atoms with van der Waals surface area (Å²) in [5, 5.41) is 9.25. The first-order valence-electron chi connectivity index (χ1n) is 9.47. The Morgan fingerprint density at radius 2 is 1.70 bits per heavy atom. The summed E-state index contributed by atoms with van der Waals surface area (Å²) < 4.78 is 6.29. The van der Waals surface area contributed by atoms with Gasteiger partial charge in [-0.25, -0.2) is 9.78 Å². The van der Waals surface area contributed by atoms with Gasteiger partial charge >= 0.3 is 6.03 Å². The molecule has 0 fully saturated rings. The molecular weight excluding hydrogens is 400 g/mol. The van der Waals surface area contributed by atoms with E-state index < -0.39 is 0 Å². The van der Waals surface area contributed by atoms with Gasteiger partial charge in [0.2, 0.25) is 5.91 Å². The van der Waals surface area contributed by atoms with Gasteiger partial charge in [-0.1, -0.05) is 12.1 Å². The van der Waals surface area contributed by atoms with Crippen molar-refractivity contribution in [3.63, 3.8) is 0 Å². The summed E-state index contributed by atoms with van der Waals surface area (Å²) in [6.45, 7) is 0.307. The molecule has 0 aliphatic carbocycles. The van der Waals surface area contributed by atoms with Gasteiger partial charge in [-0.15, -0.1) is 11.3 Å². The van der Waals surface area contributed by atoms with Gasteiger partial charge in [-0.3, -0.25) is 4.79 Å². The first-order valence-corrected chi connectivity index (χ1v) is 10.3. The van der Waals surface area contributed by atoms with Crippen molar-refractivity contribution in [2.45, 2.75) is 19.4 Å². The van der Waals surface area contributed by atoms with Crippen molar-refractivity contribution in [2.24, 2.45) is 0 Å². The summed E-state index contributed by atoms with van der Waals surface area (Å²) in [5.74, 6) is 0.597. The molecule has 2 aromatic carbocycles. The molecule has 4 aromatic rings. The van der Waals surface area contributed by atoms with Crippen LogP contribution in [-0.4, -0.2) is 16.9 Å². The monoisotopic (exact) mass is 420 g/mol. The molecule has 0 radical (unpaired) electrons. The smallest absolute Gasteiger partial charge is 0.319 e. The van der Waals surface area contributed by atoms with Crippen LogP contribution in [0.4, 0.5) is 16.2 Å². The number of aryl methyl sites for hydroxylation is 1. The Hall–Kier alpha value is -3.65. The predicted octanol–water partition coefficient (Wildman–Crippen LogP) is 4.78. The Kier molecular flexibility index (Phi) is 6.05. The molecule has 7 nitrogen and oxygen atoms in total. The third kappa shape index (κ3) is 5.24. The minimum Gasteiger partial charge on any atom is -0.467 e. The zero-order chi connectivity index (χ0) is 20.8. The highest BCUT2D eigenvalue weighted by molar-refractivity contribution is 7.18. The number of rotatable bonds is 7. The van der Waals surface area contributed by atoms with Crippen LogP contribution in [-0.2, 0) is 17.8 Å². The number of amides is 3. The van der Waals surface area contributed by atoms with E-state index in [2.05, 4.69) is 20.9 Å². The Balaban J connectivity index is 1.23. The van der Waals surface area contributed by atoms with E-state index >= 15 is 0 Å². The van der Waals surface area contributed by atoms with Gasteiger partial charge in [0.15, 0.2) is 0 Å². The van der Waals surface area contributed by atoms with Crippen LogP contribution in [0.2, 0.25) is 0 Å². The van der Waals surface area contributed by atoms with E-state index in [4.69, 9.17) is 4.42 Å². The van der Waals surface area contributed by atoms with Gasteiger partial charge in [0.25, 0.3) is 0 Å². The van der Waals surface area contributed by atoms with Crippen molar-refractivity contribution in [3.8, 4) is 0 Å². The summed E-state index contributed by atoms with van der Waals surface area (Å²) in [6, 6.07) is 18.1. The third-order valence-electron chi connectivity index (χ3n) is 4.33. The minimum atomic E-state index is -0.334. The molecule has 0 saturated carbocycles. The number of thiazole rings is 1. The van der Waals surface area contributed by atoms with Gasteiger partial charge in [0, 0.05) is 24.2 Å². The van der Waals surface area contributed by atoms with Gasteiger partial charge < -0.3 is 20.4 Å². The summed E-state index contributed by atoms with van der Waals surface area (Å²) in [7, 11) is 0. The van der Waals surface area contributed by atoms with Crippen LogP contribution in [0.1, 0.15) is 17.2 Å². The number of anilines is 2. The SMILES string of the molecule is O=C(CCc1nc2ccccc2s1)Nc1ccc(NC(=O)NCc2ccco2)cc1. The first-order chi connectivity index (χ1) is 14.7. The van der Waals surface area contributed by atoms with E-state index in [1.54, 1.807) is 54.0 Å². The molecule has 0 atom stereocenters. The maximum atomic E-state index is 12.2. The van der Waals surface area contributed by atoms with E-state index in [-0.39, 0.29) is 11.9 Å². The fourth-order valence-corrected chi connectivity index (χ4v) is 3.83. The van der Waals surface area contributed by atoms with Crippen molar-refractivity contribution >= 4 is 44.9 Å². The average Bonchev–Trinajstić information content (AvgIpc) is 3.41. The fraction of sp³-hybridized carbons (Fsp3) is 0.136. The highest BCUT2D eigenvalue weighted by Gasteiger charge is 2.08. The van der Waals surface area contributed by atoms with E-state index in [1.807, 2.05) is 24.3 Å². The molecule has 2 heterocycles. The molecule has 3 N–H and O–H groups in total. The molecule has 0 saturated heterocycles. The second-order valence-electron chi connectivity index (χ2n) is 6.59. The molecule has 0 aliphatic rings. The van der Waals surface area contributed by atoms with Crippen molar-refractivity contribution in [1.29, 1.82) is 0 Å². The summed E-state index contributed by atoms with van der Waals surface area (Å²) >= 11 is 1.61. The number of aromatic nitrogens is 1. The highest BCUT2D eigenvalue weighted by atomic mass is 32.1. The van der Waals surface area contributed by atoms with E-state index in [0.29, 0.717) is 36.5 Å². The number of para-hydroxylation sites is 1. The number of hydrogen-bond acceptors (Lipinski definition) is 5. The zero-order valence-corrected chi connectivity index (χ0v) is 16.9. The molecule has 30 heavy (non-hydrogen) atoms. The largest absolute Gasteiger partial charge is 0.467 e. The fourth-order valence-electron chi connectivity index (χ4n) is 2.86. The minimum absolute atomic E-state index is 0.0776. The number of furan rings is 1. The molecule has 4 rings (SSSR count). The van der Waals surface area contributed by atoms with Gasteiger partial charge in [0.1, 0.15) is 5.76 Å². The van der Waals surface area contributed by atoms with Crippen molar-refractivity contribution in [3.05, 3.63) is 77.7 Å². The van der Waals surface area contributed by atoms with Crippen LogP contribution in [0.3, 0.4) is 0 Å². The normalized spacial score (nSPS) is 10.7. The molecule has 0 aliphatic heterocycles. The van der Waals surface area contributed by atoms with Crippen LogP contribution in [0.25, 0.3) is 10.2 Å². The summed E-state index contributed by atoms with van der Waals surface area (Å²) in [5.41, 5.74) is 2.26. The lowest BCUT2D eigenvalue weighted by molar-refractivity contribution is -0.116. The number of nitrogens with zero attached hydrogens (tertiary/aromatic N) is 1. The average molecular weight is 420 g/mol. The number of carbonyl (C=O) groups excluding carboxylic acids is 2. The summed E-state index contributed by atoms with van der Waals surface area (Å²) in [4.78, 5) is 28.7. The van der Waals surface area contributed by atoms with Crippen LogP contribution < -0.4 is 16.0 Å². The van der Waals surface area contributed by atoms with Crippen LogP contribution in [0.5, 0.6) is 0 Å². The second kappa shape index (κ2) is 9.23. The lowest BCUT2D eigenvalue weighted by atomic mass is 10.2. The number of urea groups is 1. The molecule has 2 aromatic heterocycles. The molecule has 0 unspecified atom stereocenters. The zero-order valence-electron chi connectivity index (χ0n) is 16.1. The lowest BCUT2D eigenvalue weighted by Gasteiger charge is -2.08. The van der Waals surface area contributed by atoms with E-state index in [1.165, 1.54) is 0 Å². The molecule has 8 heteroatoms. The van der Waals surface area contributed by atoms with Crippen molar-refractivity contribution in [2.75, 3.05) is 10.6 Å². The number of carbonyl (C=O) groups is 2. The first kappa shape index (κ1) is 19.7. The van der Waals surface area contributed by atoms with E-state index in [9.17, 15) is 9.59 Å². The highest BCUT2D eigenvalue weighted by Crippen LogP contribution is 2.22. The molecule has 0 spiro atoms. The van der Waals surface area contributed by atoms with Crippen LogP contribution in [0.15, 0.2) is 71.3 Å². The second-order valence-corrected chi connectivity index (χ2v) is 7.70. The predicted molar refractivity (Wildman–Crippen MR) is 118 cm³/mol. The van der Waals surface area contributed by atoms with Gasteiger partial charge in [-0.05, 0) is 48.5 Å². The Labute approximate surface area is 177 Å². The van der Waals surface area contributed by atoms with Crippen LogP contribution >= 0.6 is 11.3 Å². The lowest BCUT2D eigenvalue weighted by Crippen LogP contribution is -2.27. The third-order valence-corrected chi connectivity index (χ3v) is 5.43. The quantitative estimate of drug-likeness (QED) is 0.401. The molecule has 3 amide bonds. The van der Waals surface area contributed by atoms with Crippen LogP contribution in [0, 0.1) is 0 Å². The molecular formula is C22H20N4O3S. The Bertz CT molecular complexity index is 1100. The van der Waals surface area contributed by atoms with Gasteiger partial charge in [0.05, 0.1) is 28.0 Å². The number of hydrogen-bond donors (Lipinski definition) is 3.